The van der Waals surface area contributed by atoms with Crippen LogP contribution in [0, 0.1) is 5.92 Å². The SMILES string of the molecule is COCCN(CC(C)C)C(=O)Cn1c(=O)oc2ccccc21. The highest BCUT2D eigenvalue weighted by Gasteiger charge is 2.18. The minimum absolute atomic E-state index is 0.0215. The highest BCUT2D eigenvalue weighted by molar-refractivity contribution is 5.79. The third-order valence-electron chi connectivity index (χ3n) is 3.37. The molecule has 0 unspecified atom stereocenters. The Kier molecular flexibility index (Phi) is 5.38. The molecule has 0 atom stereocenters. The summed E-state index contributed by atoms with van der Waals surface area (Å²) in [6, 6.07) is 7.10. The second kappa shape index (κ2) is 7.26. The Morgan fingerprint density at radius 2 is 2.09 bits per heavy atom. The Bertz CT molecular complexity index is 687. The number of benzene rings is 1. The molecule has 1 heterocycles. The summed E-state index contributed by atoms with van der Waals surface area (Å²) in [4.78, 5) is 26.2. The van der Waals surface area contributed by atoms with Gasteiger partial charge >= 0.3 is 5.76 Å². The Balaban J connectivity index is 2.20. The number of carbonyl (C=O) groups excluding carboxylic acids is 1. The van der Waals surface area contributed by atoms with Gasteiger partial charge in [0.25, 0.3) is 0 Å². The van der Waals surface area contributed by atoms with Gasteiger partial charge in [0, 0.05) is 20.2 Å². The lowest BCUT2D eigenvalue weighted by atomic mass is 10.2. The van der Waals surface area contributed by atoms with Crippen molar-refractivity contribution in [3.8, 4) is 0 Å². The zero-order valence-corrected chi connectivity index (χ0v) is 13.2. The van der Waals surface area contributed by atoms with Gasteiger partial charge in [-0.2, -0.15) is 0 Å². The Morgan fingerprint density at radius 3 is 2.77 bits per heavy atom. The normalized spacial score (nSPS) is 11.3. The van der Waals surface area contributed by atoms with Crippen LogP contribution in [-0.2, 0) is 16.1 Å². The molecule has 0 spiro atoms. The molecule has 1 aromatic carbocycles. The molecule has 0 bridgehead atoms. The van der Waals surface area contributed by atoms with Crippen molar-refractivity contribution in [3.63, 3.8) is 0 Å². The number of fused-ring (bicyclic) bond motifs is 1. The molecular weight excluding hydrogens is 284 g/mol. The van der Waals surface area contributed by atoms with Crippen LogP contribution in [-0.4, -0.2) is 42.2 Å². The average molecular weight is 306 g/mol. The summed E-state index contributed by atoms with van der Waals surface area (Å²) in [5.74, 6) is -0.274. The predicted molar refractivity (Wildman–Crippen MR) is 83.8 cm³/mol. The maximum atomic E-state index is 12.5. The van der Waals surface area contributed by atoms with Crippen molar-refractivity contribution in [1.82, 2.24) is 9.47 Å². The highest BCUT2D eigenvalue weighted by Crippen LogP contribution is 2.12. The highest BCUT2D eigenvalue weighted by atomic mass is 16.5. The average Bonchev–Trinajstić information content (AvgIpc) is 2.79. The number of carbonyl (C=O) groups is 1. The summed E-state index contributed by atoms with van der Waals surface area (Å²) < 4.78 is 11.6. The van der Waals surface area contributed by atoms with Gasteiger partial charge in [0.15, 0.2) is 5.58 Å². The zero-order valence-electron chi connectivity index (χ0n) is 13.2. The van der Waals surface area contributed by atoms with E-state index < -0.39 is 5.76 Å². The lowest BCUT2D eigenvalue weighted by Crippen LogP contribution is -2.39. The minimum Gasteiger partial charge on any atom is -0.408 e. The molecule has 120 valence electrons. The van der Waals surface area contributed by atoms with E-state index in [0.717, 1.165) is 0 Å². The van der Waals surface area contributed by atoms with E-state index in [2.05, 4.69) is 0 Å². The molecule has 22 heavy (non-hydrogen) atoms. The van der Waals surface area contributed by atoms with Gasteiger partial charge in [0.2, 0.25) is 5.91 Å². The van der Waals surface area contributed by atoms with Crippen LogP contribution < -0.4 is 5.76 Å². The number of aromatic nitrogens is 1. The number of para-hydroxylation sites is 2. The van der Waals surface area contributed by atoms with E-state index >= 15 is 0 Å². The molecule has 6 nitrogen and oxygen atoms in total. The van der Waals surface area contributed by atoms with Crippen molar-refractivity contribution in [1.29, 1.82) is 0 Å². The molecule has 2 rings (SSSR count). The summed E-state index contributed by atoms with van der Waals surface area (Å²) in [5.41, 5.74) is 1.13. The molecule has 0 N–H and O–H groups in total. The smallest absolute Gasteiger partial charge is 0.408 e. The second-order valence-corrected chi connectivity index (χ2v) is 5.65. The molecule has 0 aliphatic carbocycles. The van der Waals surface area contributed by atoms with E-state index in [1.807, 2.05) is 19.9 Å². The third kappa shape index (κ3) is 3.76. The molecule has 0 radical (unpaired) electrons. The van der Waals surface area contributed by atoms with Gasteiger partial charge in [-0.15, -0.1) is 0 Å². The lowest BCUT2D eigenvalue weighted by molar-refractivity contribution is -0.133. The zero-order chi connectivity index (χ0) is 16.1. The van der Waals surface area contributed by atoms with Gasteiger partial charge in [-0.1, -0.05) is 26.0 Å². The minimum atomic E-state index is -0.509. The molecule has 0 fully saturated rings. The van der Waals surface area contributed by atoms with Crippen LogP contribution in [0.5, 0.6) is 0 Å². The maximum absolute atomic E-state index is 12.5. The van der Waals surface area contributed by atoms with Crippen LogP contribution in [0.4, 0.5) is 0 Å². The van der Waals surface area contributed by atoms with Crippen LogP contribution in [0.15, 0.2) is 33.5 Å². The molecule has 0 aliphatic rings. The number of methoxy groups -OCH3 is 1. The first-order valence-corrected chi connectivity index (χ1v) is 7.38. The number of rotatable bonds is 7. The van der Waals surface area contributed by atoms with Gasteiger partial charge in [-0.3, -0.25) is 9.36 Å². The van der Waals surface area contributed by atoms with Gasteiger partial charge in [-0.05, 0) is 18.1 Å². The van der Waals surface area contributed by atoms with Crippen molar-refractivity contribution in [2.45, 2.75) is 20.4 Å². The molecule has 0 saturated heterocycles. The van der Waals surface area contributed by atoms with Crippen molar-refractivity contribution in [3.05, 3.63) is 34.8 Å². The van der Waals surface area contributed by atoms with Crippen LogP contribution in [0.25, 0.3) is 11.1 Å². The first-order chi connectivity index (χ1) is 10.5. The van der Waals surface area contributed by atoms with Crippen LogP contribution in [0.2, 0.25) is 0 Å². The fraction of sp³-hybridized carbons (Fsp3) is 0.500. The van der Waals surface area contributed by atoms with Gasteiger partial charge in [0.1, 0.15) is 6.54 Å². The monoisotopic (exact) mass is 306 g/mol. The van der Waals surface area contributed by atoms with Gasteiger partial charge in [-0.25, -0.2) is 4.79 Å². The molecule has 1 amide bonds. The molecule has 0 saturated carbocycles. The van der Waals surface area contributed by atoms with E-state index in [1.54, 1.807) is 30.2 Å². The first-order valence-electron chi connectivity index (χ1n) is 7.38. The van der Waals surface area contributed by atoms with E-state index in [0.29, 0.717) is 36.7 Å². The molecule has 6 heteroatoms. The van der Waals surface area contributed by atoms with Crippen LogP contribution >= 0.6 is 0 Å². The number of hydrogen-bond donors (Lipinski definition) is 0. The fourth-order valence-corrected chi connectivity index (χ4v) is 2.36. The maximum Gasteiger partial charge on any atom is 0.420 e. The Morgan fingerprint density at radius 1 is 1.36 bits per heavy atom. The number of hydrogen-bond acceptors (Lipinski definition) is 4. The summed E-state index contributed by atoms with van der Waals surface area (Å²) in [6.45, 7) is 5.69. The lowest BCUT2D eigenvalue weighted by Gasteiger charge is -2.24. The van der Waals surface area contributed by atoms with Gasteiger partial charge < -0.3 is 14.1 Å². The quantitative estimate of drug-likeness (QED) is 0.781. The fourth-order valence-electron chi connectivity index (χ4n) is 2.36. The summed E-state index contributed by atoms with van der Waals surface area (Å²) in [5, 5.41) is 0. The standard InChI is InChI=1S/C16H22N2O4/c1-12(2)10-17(8-9-21-3)15(19)11-18-13-6-4-5-7-14(13)22-16(18)20/h4-7,12H,8-11H2,1-3H3. The van der Waals surface area contributed by atoms with Crippen LogP contribution in [0.1, 0.15) is 13.8 Å². The van der Waals surface area contributed by atoms with Crippen molar-refractivity contribution >= 4 is 17.0 Å². The number of oxazole rings is 1. The topological polar surface area (TPSA) is 64.7 Å². The molecular formula is C16H22N2O4. The van der Waals surface area contributed by atoms with Gasteiger partial charge in [0.05, 0.1) is 12.1 Å². The molecule has 0 aliphatic heterocycles. The Hall–Kier alpha value is -2.08. The van der Waals surface area contributed by atoms with E-state index in [1.165, 1.54) is 4.57 Å². The second-order valence-electron chi connectivity index (χ2n) is 5.65. The largest absolute Gasteiger partial charge is 0.420 e. The first kappa shape index (κ1) is 16.3. The number of nitrogens with zero attached hydrogens (tertiary/aromatic N) is 2. The van der Waals surface area contributed by atoms with E-state index in [-0.39, 0.29) is 12.5 Å². The molecule has 2 aromatic rings. The molecule has 1 aromatic heterocycles. The van der Waals surface area contributed by atoms with E-state index in [4.69, 9.17) is 9.15 Å². The van der Waals surface area contributed by atoms with Crippen molar-refractivity contribution in [2.24, 2.45) is 5.92 Å². The third-order valence-corrected chi connectivity index (χ3v) is 3.37. The van der Waals surface area contributed by atoms with Crippen LogP contribution in [0.3, 0.4) is 0 Å². The number of ether oxygens (including phenoxy) is 1. The van der Waals surface area contributed by atoms with Crippen molar-refractivity contribution in [2.75, 3.05) is 26.8 Å². The number of amides is 1. The Labute approximate surface area is 129 Å². The predicted octanol–water partition coefficient (Wildman–Crippen LogP) is 1.73. The summed E-state index contributed by atoms with van der Waals surface area (Å²) >= 11 is 0. The summed E-state index contributed by atoms with van der Waals surface area (Å²) in [6.07, 6.45) is 0. The summed E-state index contributed by atoms with van der Waals surface area (Å²) in [7, 11) is 1.60. The van der Waals surface area contributed by atoms with Crippen molar-refractivity contribution < 1.29 is 13.9 Å². The van der Waals surface area contributed by atoms with E-state index in [9.17, 15) is 9.59 Å².